The predicted molar refractivity (Wildman–Crippen MR) is 169 cm³/mol. The fraction of sp³-hybridized carbons (Fsp3) is 0.382. The lowest BCUT2D eigenvalue weighted by molar-refractivity contribution is -0.260. The second-order valence-electron chi connectivity index (χ2n) is 12.8. The standard InChI is InChI=1S/C34H36F4N4O6/c1-19-10-26(39-18-33(47,34(36,37)38)17-32(2,3)25-13-21(35)8-9-29(25)48-4)24-15-40-42(27(24)11-19)22-7-5-6-20(12-22)30(44)41-16-23(43)14-28(41)31(45)46/h5-13,15,23,28,39,43,47H,14,16-18H2,1-4H3,(H,45,46)/t23-,28-,33?/m1/s1. The number of aliphatic carboxylic acids is 1. The molecule has 1 aliphatic heterocycles. The van der Waals surface area contributed by atoms with Crippen molar-refractivity contribution in [3.8, 4) is 11.4 Å². The van der Waals surface area contributed by atoms with Gasteiger partial charge in [0.15, 0.2) is 5.60 Å². The van der Waals surface area contributed by atoms with Crippen LogP contribution in [0.3, 0.4) is 0 Å². The number of carboxylic acids is 1. The first kappa shape index (κ1) is 34.6. The maximum absolute atomic E-state index is 14.5. The summed E-state index contributed by atoms with van der Waals surface area (Å²) in [6.45, 7) is 3.63. The Morgan fingerprint density at radius 2 is 1.83 bits per heavy atom. The minimum absolute atomic E-state index is 0.0838. The zero-order chi connectivity index (χ0) is 35.2. The molecule has 256 valence electrons. The number of nitrogens with zero attached hydrogens (tertiary/aromatic N) is 3. The molecule has 1 unspecified atom stereocenters. The van der Waals surface area contributed by atoms with E-state index < -0.39 is 60.0 Å². The molecule has 0 aliphatic carbocycles. The summed E-state index contributed by atoms with van der Waals surface area (Å²) in [6.07, 6.45) is -5.49. The lowest BCUT2D eigenvalue weighted by atomic mass is 9.74. The number of hydrogen-bond donors (Lipinski definition) is 4. The monoisotopic (exact) mass is 672 g/mol. The number of anilines is 1. The van der Waals surface area contributed by atoms with E-state index in [4.69, 9.17) is 4.74 Å². The molecule has 2 heterocycles. The van der Waals surface area contributed by atoms with Gasteiger partial charge in [0.2, 0.25) is 0 Å². The molecule has 1 aliphatic rings. The number of aliphatic hydroxyl groups excluding tert-OH is 1. The predicted octanol–water partition coefficient (Wildman–Crippen LogP) is 5.21. The average molecular weight is 673 g/mol. The molecule has 14 heteroatoms. The molecule has 0 bridgehead atoms. The molecular formula is C34H36F4N4O6. The highest BCUT2D eigenvalue weighted by Crippen LogP contribution is 2.44. The molecule has 1 amide bonds. The Labute approximate surface area is 273 Å². The number of fused-ring (bicyclic) bond motifs is 1. The Kier molecular flexibility index (Phi) is 9.19. The normalized spacial score (nSPS) is 18.2. The van der Waals surface area contributed by atoms with E-state index in [1.165, 1.54) is 50.0 Å². The van der Waals surface area contributed by atoms with Gasteiger partial charge in [-0.15, -0.1) is 0 Å². The molecule has 10 nitrogen and oxygen atoms in total. The van der Waals surface area contributed by atoms with Crippen LogP contribution in [-0.4, -0.2) is 86.0 Å². The van der Waals surface area contributed by atoms with E-state index >= 15 is 0 Å². The summed E-state index contributed by atoms with van der Waals surface area (Å²) in [6, 6.07) is 12.1. The summed E-state index contributed by atoms with van der Waals surface area (Å²) in [7, 11) is 1.33. The lowest BCUT2D eigenvalue weighted by Crippen LogP contribution is -2.53. The molecule has 1 aromatic heterocycles. The van der Waals surface area contributed by atoms with Gasteiger partial charge in [-0.05, 0) is 72.9 Å². The number of alkyl halides is 3. The van der Waals surface area contributed by atoms with Crippen LogP contribution < -0.4 is 10.1 Å². The number of aromatic nitrogens is 2. The van der Waals surface area contributed by atoms with Crippen LogP contribution in [0, 0.1) is 12.7 Å². The smallest absolute Gasteiger partial charge is 0.418 e. The number of hydrogen-bond acceptors (Lipinski definition) is 7. The third-order valence-corrected chi connectivity index (χ3v) is 8.72. The zero-order valence-electron chi connectivity index (χ0n) is 26.7. The molecule has 0 saturated carbocycles. The highest BCUT2D eigenvalue weighted by atomic mass is 19.4. The Morgan fingerprint density at radius 1 is 1.10 bits per heavy atom. The van der Waals surface area contributed by atoms with Crippen molar-refractivity contribution in [3.05, 3.63) is 83.3 Å². The summed E-state index contributed by atoms with van der Waals surface area (Å²) in [4.78, 5) is 26.1. The van der Waals surface area contributed by atoms with Crippen molar-refractivity contribution in [2.75, 3.05) is 25.5 Å². The summed E-state index contributed by atoms with van der Waals surface area (Å²) >= 11 is 0. The number of nitrogens with one attached hydrogen (secondary N) is 1. The van der Waals surface area contributed by atoms with Crippen molar-refractivity contribution >= 4 is 28.5 Å². The maximum Gasteiger partial charge on any atom is 0.418 e. The van der Waals surface area contributed by atoms with Gasteiger partial charge in [-0.25, -0.2) is 13.9 Å². The molecule has 0 spiro atoms. The van der Waals surface area contributed by atoms with Crippen LogP contribution in [0.2, 0.25) is 0 Å². The molecule has 3 atom stereocenters. The number of aliphatic hydroxyl groups is 2. The Hall–Kier alpha value is -4.69. The molecule has 4 N–H and O–H groups in total. The summed E-state index contributed by atoms with van der Waals surface area (Å²) in [5.41, 5.74) is -2.43. The van der Waals surface area contributed by atoms with Gasteiger partial charge >= 0.3 is 12.1 Å². The molecule has 5 rings (SSSR count). The zero-order valence-corrected chi connectivity index (χ0v) is 26.7. The van der Waals surface area contributed by atoms with Crippen molar-refractivity contribution < 1.29 is 47.2 Å². The summed E-state index contributed by atoms with van der Waals surface area (Å²) < 4.78 is 64.6. The van der Waals surface area contributed by atoms with Crippen LogP contribution in [0.1, 0.15) is 48.2 Å². The first-order chi connectivity index (χ1) is 22.4. The van der Waals surface area contributed by atoms with E-state index in [1.54, 1.807) is 31.2 Å². The van der Waals surface area contributed by atoms with E-state index in [0.29, 0.717) is 22.2 Å². The molecule has 1 fully saturated rings. The van der Waals surface area contributed by atoms with Gasteiger partial charge in [0, 0.05) is 35.2 Å². The number of ether oxygens (including phenoxy) is 1. The fourth-order valence-corrected chi connectivity index (χ4v) is 6.37. The third-order valence-electron chi connectivity index (χ3n) is 8.72. The van der Waals surface area contributed by atoms with Crippen LogP contribution >= 0.6 is 0 Å². The molecule has 3 aromatic carbocycles. The topological polar surface area (TPSA) is 137 Å². The van der Waals surface area contributed by atoms with Crippen LogP contribution in [0.25, 0.3) is 16.6 Å². The van der Waals surface area contributed by atoms with Gasteiger partial charge in [0.05, 0.1) is 37.2 Å². The largest absolute Gasteiger partial charge is 0.496 e. The van der Waals surface area contributed by atoms with Gasteiger partial charge in [-0.3, -0.25) is 4.79 Å². The first-order valence-electron chi connectivity index (χ1n) is 15.1. The van der Waals surface area contributed by atoms with Crippen LogP contribution in [0.5, 0.6) is 5.75 Å². The number of likely N-dealkylation sites (tertiary alicyclic amines) is 1. The molecule has 1 saturated heterocycles. The number of halogens is 4. The van der Waals surface area contributed by atoms with E-state index in [0.717, 1.165) is 17.0 Å². The van der Waals surface area contributed by atoms with Crippen LogP contribution in [-0.2, 0) is 10.2 Å². The summed E-state index contributed by atoms with van der Waals surface area (Å²) in [5, 5.41) is 38.3. The van der Waals surface area contributed by atoms with E-state index in [9.17, 15) is 42.5 Å². The SMILES string of the molecule is COc1ccc(F)cc1C(C)(C)CC(O)(CNc1cc(C)cc2c1cnn2-c1cccc(C(=O)N2C[C@H](O)C[C@@H]2C(=O)O)c1)C(F)(F)F. The first-order valence-corrected chi connectivity index (χ1v) is 15.1. The highest BCUT2D eigenvalue weighted by molar-refractivity contribution is 5.98. The van der Waals surface area contributed by atoms with E-state index in [1.807, 2.05) is 0 Å². The highest BCUT2D eigenvalue weighted by Gasteiger charge is 2.56. The quantitative estimate of drug-likeness (QED) is 0.169. The Morgan fingerprint density at radius 3 is 2.50 bits per heavy atom. The molecule has 0 radical (unpaired) electrons. The number of amides is 1. The number of aryl methyl sites for hydroxylation is 1. The lowest BCUT2D eigenvalue weighted by Gasteiger charge is -2.38. The van der Waals surface area contributed by atoms with Gasteiger partial charge in [0.1, 0.15) is 17.6 Å². The van der Waals surface area contributed by atoms with Crippen molar-refractivity contribution in [3.63, 3.8) is 0 Å². The van der Waals surface area contributed by atoms with Gasteiger partial charge in [-0.1, -0.05) is 19.9 Å². The second-order valence-corrected chi connectivity index (χ2v) is 12.8. The number of carbonyl (C=O) groups is 2. The number of methoxy groups -OCH3 is 1. The third kappa shape index (κ3) is 6.67. The average Bonchev–Trinajstić information content (AvgIpc) is 3.62. The Balaban J connectivity index is 1.45. The number of rotatable bonds is 10. The molecule has 4 aromatic rings. The Bertz CT molecular complexity index is 1860. The van der Waals surface area contributed by atoms with Gasteiger partial charge in [0.25, 0.3) is 5.91 Å². The summed E-state index contributed by atoms with van der Waals surface area (Å²) in [5.74, 6) is -2.27. The van der Waals surface area contributed by atoms with Crippen LogP contribution in [0.15, 0.2) is 60.8 Å². The number of carbonyl (C=O) groups excluding carboxylic acids is 1. The van der Waals surface area contributed by atoms with Crippen molar-refractivity contribution in [1.82, 2.24) is 14.7 Å². The van der Waals surface area contributed by atoms with Gasteiger partial charge in [-0.2, -0.15) is 18.3 Å². The molecule has 48 heavy (non-hydrogen) atoms. The van der Waals surface area contributed by atoms with Crippen molar-refractivity contribution in [2.24, 2.45) is 0 Å². The van der Waals surface area contributed by atoms with E-state index in [-0.39, 0.29) is 35.5 Å². The van der Waals surface area contributed by atoms with Crippen molar-refractivity contribution in [1.29, 1.82) is 0 Å². The van der Waals surface area contributed by atoms with Crippen molar-refractivity contribution in [2.45, 2.75) is 63.0 Å². The molecular weight excluding hydrogens is 636 g/mol. The number of carboxylic acid groups (broad SMARTS) is 1. The maximum atomic E-state index is 14.5. The van der Waals surface area contributed by atoms with Gasteiger partial charge < -0.3 is 30.3 Å². The second kappa shape index (κ2) is 12.7. The minimum atomic E-state index is -5.07. The number of β-amino-alcohol motifs (C(OH)–C–C–N with tert-alkyl or cyclic N) is 1. The minimum Gasteiger partial charge on any atom is -0.496 e. The number of benzene rings is 3. The fourth-order valence-electron chi connectivity index (χ4n) is 6.37. The van der Waals surface area contributed by atoms with E-state index in [2.05, 4.69) is 10.4 Å². The van der Waals surface area contributed by atoms with Crippen LogP contribution in [0.4, 0.5) is 23.2 Å².